The highest BCUT2D eigenvalue weighted by atomic mass is 16.6. The third-order valence-electron chi connectivity index (χ3n) is 7.37. The van der Waals surface area contributed by atoms with E-state index in [0.29, 0.717) is 19.8 Å². The molecule has 12 heteroatoms. The second-order valence-corrected chi connectivity index (χ2v) is 10.7. The molecule has 2 aromatic carbocycles. The maximum Gasteiger partial charge on any atom is 0.413 e. The van der Waals surface area contributed by atoms with Gasteiger partial charge in [-0.2, -0.15) is 0 Å². The van der Waals surface area contributed by atoms with Crippen LogP contribution in [-0.4, -0.2) is 72.6 Å². The number of hydrogen-bond acceptors (Lipinski definition) is 9. The number of nitrogens with zero attached hydrogens (tertiary/aromatic N) is 6. The Kier molecular flexibility index (Phi) is 14.9. The van der Waals surface area contributed by atoms with Crippen LogP contribution in [0.25, 0.3) is 0 Å². The predicted molar refractivity (Wildman–Crippen MR) is 198 cm³/mol. The van der Waals surface area contributed by atoms with E-state index in [1.165, 1.54) is 4.90 Å². The van der Waals surface area contributed by atoms with Gasteiger partial charge in [-0.1, -0.05) is 18.9 Å². The number of aromatic nitrogens is 4. The molecule has 1 amide bonds. The van der Waals surface area contributed by atoms with Crippen LogP contribution in [0.15, 0.2) is 103 Å². The predicted octanol–water partition coefficient (Wildman–Crippen LogP) is 6.48. The molecular formula is C38H46N8O4. The second kappa shape index (κ2) is 19.6. The number of carbonyl (C=O) groups excluding carboxylic acids is 1. The van der Waals surface area contributed by atoms with Gasteiger partial charge in [0.05, 0.1) is 68.2 Å². The van der Waals surface area contributed by atoms with E-state index in [1.54, 1.807) is 20.3 Å². The lowest BCUT2D eigenvalue weighted by molar-refractivity contribution is 0.161. The number of H-pyrrole nitrogens is 1. The van der Waals surface area contributed by atoms with Crippen LogP contribution in [0, 0.1) is 0 Å². The lowest BCUT2D eigenvalue weighted by Gasteiger charge is -2.32. The number of imidazole rings is 2. The summed E-state index contributed by atoms with van der Waals surface area (Å²) in [6.45, 7) is 13.2. The zero-order valence-corrected chi connectivity index (χ0v) is 28.5. The number of benzene rings is 2. The quantitative estimate of drug-likeness (QED) is 0.212. The van der Waals surface area contributed by atoms with Gasteiger partial charge in [0, 0.05) is 44.9 Å². The van der Waals surface area contributed by atoms with E-state index in [9.17, 15) is 4.79 Å². The summed E-state index contributed by atoms with van der Waals surface area (Å²) in [5, 5.41) is 3.16. The number of carbonyl (C=O) groups is 1. The number of rotatable bonds is 7. The van der Waals surface area contributed by atoms with Crippen LogP contribution in [-0.2, 0) is 24.9 Å². The van der Waals surface area contributed by atoms with Crippen LogP contribution in [0.1, 0.15) is 25.7 Å². The molecule has 6 rings (SSSR count). The fraction of sp³-hybridized carbons (Fsp3) is 0.316. The lowest BCUT2D eigenvalue weighted by Crippen LogP contribution is -2.33. The van der Waals surface area contributed by atoms with Crippen molar-refractivity contribution < 1.29 is 19.0 Å². The minimum absolute atomic E-state index is 0. The van der Waals surface area contributed by atoms with Crippen molar-refractivity contribution in [3.63, 3.8) is 0 Å². The molecule has 2 aliphatic rings. The highest BCUT2D eigenvalue weighted by molar-refractivity contribution is 5.88. The standard InChI is InChI=1S/C16H20N4O3.C14H18N4O.C7H4.CH4/c1-3-22-16(21)19(2)13-4-5-15-14(8-13)20(6-7-23-15)10-12-9-17-11-18-12;1-15-11-3-4-14-13(7-11)18(5-6-19-14)9-12-8-17(2)10-16-12;1-3-5-7-6-4-2;/h4-5,8-9,11H,3,6-7,10H2,1-2H3,(H,17,18);3-4,7-8,10,15H,5-6,9H2,1-2H3;1-2H2;1H4. The fourth-order valence-electron chi connectivity index (χ4n) is 4.99. The molecule has 0 bridgehead atoms. The van der Waals surface area contributed by atoms with Crippen molar-refractivity contribution in [2.24, 2.45) is 7.05 Å². The van der Waals surface area contributed by atoms with Crippen LogP contribution in [0.5, 0.6) is 11.5 Å². The maximum atomic E-state index is 11.9. The molecular weight excluding hydrogens is 632 g/mol. The summed E-state index contributed by atoms with van der Waals surface area (Å²) in [4.78, 5) is 29.4. The van der Waals surface area contributed by atoms with Crippen molar-refractivity contribution in [2.75, 3.05) is 67.0 Å². The first-order valence-corrected chi connectivity index (χ1v) is 15.7. The third kappa shape index (κ3) is 10.6. The van der Waals surface area contributed by atoms with Gasteiger partial charge in [0.1, 0.15) is 24.7 Å². The fourth-order valence-corrected chi connectivity index (χ4v) is 4.99. The molecule has 0 radical (unpaired) electrons. The van der Waals surface area contributed by atoms with E-state index in [4.69, 9.17) is 14.2 Å². The van der Waals surface area contributed by atoms with Crippen molar-refractivity contribution in [2.45, 2.75) is 27.4 Å². The third-order valence-corrected chi connectivity index (χ3v) is 7.37. The molecule has 4 aromatic rings. The van der Waals surface area contributed by atoms with Crippen molar-refractivity contribution in [1.82, 2.24) is 19.5 Å². The Balaban J connectivity index is 0.000000227. The van der Waals surface area contributed by atoms with E-state index in [2.05, 4.69) is 84.1 Å². The van der Waals surface area contributed by atoms with Gasteiger partial charge in [-0.15, -0.1) is 0 Å². The second-order valence-electron chi connectivity index (χ2n) is 10.7. The van der Waals surface area contributed by atoms with Crippen LogP contribution < -0.4 is 29.5 Å². The highest BCUT2D eigenvalue weighted by Crippen LogP contribution is 2.36. The summed E-state index contributed by atoms with van der Waals surface area (Å²) in [5.74, 6) is 1.76. The summed E-state index contributed by atoms with van der Waals surface area (Å²) < 4.78 is 18.4. The number of amides is 1. The SMILES string of the molecule is C.C=C=C=C=C=C=C.CCOC(=O)N(C)c1ccc2c(c1)N(Cc1cnc[nH]1)CCO2.CNc1ccc2c(c1)N(Cc1cn(C)cn1)CCO2. The van der Waals surface area contributed by atoms with E-state index in [-0.39, 0.29) is 13.5 Å². The smallest absolute Gasteiger partial charge is 0.413 e. The van der Waals surface area contributed by atoms with Crippen LogP contribution >= 0.6 is 0 Å². The molecule has 2 aromatic heterocycles. The molecule has 262 valence electrons. The van der Waals surface area contributed by atoms with Crippen molar-refractivity contribution >= 4 is 28.8 Å². The average molecular weight is 679 g/mol. The molecule has 0 saturated carbocycles. The Bertz CT molecular complexity index is 1850. The van der Waals surface area contributed by atoms with Crippen LogP contribution in [0.3, 0.4) is 0 Å². The molecule has 0 fully saturated rings. The molecule has 0 spiro atoms. The zero-order chi connectivity index (χ0) is 35.0. The Morgan fingerprint density at radius 3 is 2.26 bits per heavy atom. The Morgan fingerprint density at radius 2 is 1.68 bits per heavy atom. The van der Waals surface area contributed by atoms with Gasteiger partial charge in [0.15, 0.2) is 0 Å². The van der Waals surface area contributed by atoms with E-state index >= 15 is 0 Å². The number of aryl methyl sites for hydroxylation is 1. The molecule has 2 aliphatic heterocycles. The summed E-state index contributed by atoms with van der Waals surface area (Å²) in [5.41, 5.74) is 18.1. The summed E-state index contributed by atoms with van der Waals surface area (Å²) in [7, 11) is 5.61. The van der Waals surface area contributed by atoms with E-state index in [0.717, 1.165) is 71.9 Å². The van der Waals surface area contributed by atoms with Crippen LogP contribution in [0.4, 0.5) is 27.5 Å². The minimum atomic E-state index is -0.371. The zero-order valence-electron chi connectivity index (χ0n) is 28.5. The van der Waals surface area contributed by atoms with Crippen molar-refractivity contribution in [3.05, 3.63) is 115 Å². The Labute approximate surface area is 294 Å². The first kappa shape index (κ1) is 38.2. The number of nitrogens with one attached hydrogen (secondary N) is 2. The molecule has 0 unspecified atom stereocenters. The van der Waals surface area contributed by atoms with Gasteiger partial charge in [-0.05, 0) is 73.7 Å². The van der Waals surface area contributed by atoms with Gasteiger partial charge in [-0.25, -0.2) is 14.8 Å². The lowest BCUT2D eigenvalue weighted by atomic mass is 10.2. The molecule has 0 aliphatic carbocycles. The summed E-state index contributed by atoms with van der Waals surface area (Å²) in [6.07, 6.45) is 6.99. The number of anilines is 4. The largest absolute Gasteiger partial charge is 0.490 e. The first-order valence-electron chi connectivity index (χ1n) is 15.7. The van der Waals surface area contributed by atoms with E-state index in [1.807, 2.05) is 61.5 Å². The van der Waals surface area contributed by atoms with Gasteiger partial charge in [0.2, 0.25) is 0 Å². The van der Waals surface area contributed by atoms with Gasteiger partial charge in [0.25, 0.3) is 0 Å². The van der Waals surface area contributed by atoms with Crippen molar-refractivity contribution in [3.8, 4) is 11.5 Å². The number of fused-ring (bicyclic) bond motifs is 2. The average Bonchev–Trinajstić information content (AvgIpc) is 3.80. The van der Waals surface area contributed by atoms with Gasteiger partial charge >= 0.3 is 6.09 Å². The Hall–Kier alpha value is -6.23. The Morgan fingerprint density at radius 1 is 1.02 bits per heavy atom. The highest BCUT2D eigenvalue weighted by Gasteiger charge is 2.22. The molecule has 50 heavy (non-hydrogen) atoms. The van der Waals surface area contributed by atoms with Gasteiger partial charge in [-0.3, -0.25) is 4.90 Å². The minimum Gasteiger partial charge on any atom is -0.490 e. The molecule has 0 saturated heterocycles. The number of aromatic amines is 1. The number of hydrogen-bond donors (Lipinski definition) is 2. The topological polar surface area (TPSA) is 113 Å². The molecule has 12 nitrogen and oxygen atoms in total. The monoisotopic (exact) mass is 678 g/mol. The van der Waals surface area contributed by atoms with Crippen molar-refractivity contribution in [1.29, 1.82) is 0 Å². The number of ether oxygens (including phenoxy) is 3. The van der Waals surface area contributed by atoms with E-state index < -0.39 is 0 Å². The molecule has 2 N–H and O–H groups in total. The summed E-state index contributed by atoms with van der Waals surface area (Å²) in [6, 6.07) is 11.9. The summed E-state index contributed by atoms with van der Waals surface area (Å²) >= 11 is 0. The first-order chi connectivity index (χ1) is 23.9. The normalized spacial score (nSPS) is 11.8. The maximum absolute atomic E-state index is 11.9. The van der Waals surface area contributed by atoms with Crippen LogP contribution in [0.2, 0.25) is 0 Å². The van der Waals surface area contributed by atoms with Gasteiger partial charge < -0.3 is 38.9 Å². The molecule has 4 heterocycles. The molecule has 0 atom stereocenters.